The van der Waals surface area contributed by atoms with Gasteiger partial charge in [0, 0.05) is 5.75 Å². The second-order valence-electron chi connectivity index (χ2n) is 2.13. The molecule has 6 heteroatoms. The summed E-state index contributed by atoms with van der Waals surface area (Å²) in [5, 5.41) is 25.8. The van der Waals surface area contributed by atoms with Crippen LogP contribution in [0.1, 0.15) is 0 Å². The van der Waals surface area contributed by atoms with Gasteiger partial charge in [-0.2, -0.15) is 12.6 Å². The molecule has 0 aromatic rings. The summed E-state index contributed by atoms with van der Waals surface area (Å²) in [5.74, 6) is -2.52. The lowest BCUT2D eigenvalue weighted by molar-refractivity contribution is -0.146. The van der Waals surface area contributed by atoms with Crippen LogP contribution in [0.3, 0.4) is 0 Å². The molecule has 12 heavy (non-hydrogen) atoms. The van der Waals surface area contributed by atoms with E-state index in [-0.39, 0.29) is 5.75 Å². The zero-order valence-corrected chi connectivity index (χ0v) is 7.07. The second-order valence-corrected chi connectivity index (χ2v) is 2.49. The van der Waals surface area contributed by atoms with Gasteiger partial charge in [-0.1, -0.05) is 0 Å². The van der Waals surface area contributed by atoms with Crippen LogP contribution in [-0.4, -0.2) is 51.5 Å². The Bertz CT molecular complexity index is 161. The molecule has 0 spiro atoms. The van der Waals surface area contributed by atoms with Crippen molar-refractivity contribution in [3.8, 4) is 0 Å². The Morgan fingerprint density at radius 3 is 1.92 bits per heavy atom. The first-order valence-electron chi connectivity index (χ1n) is 3.20. The minimum atomic E-state index is -1.74. The first-order valence-corrected chi connectivity index (χ1v) is 3.83. The summed E-state index contributed by atoms with van der Waals surface area (Å²) in [7, 11) is 0. The van der Waals surface area contributed by atoms with Gasteiger partial charge in [-0.25, -0.2) is 0 Å². The van der Waals surface area contributed by atoms with Crippen molar-refractivity contribution >= 4 is 24.2 Å². The van der Waals surface area contributed by atoms with Gasteiger partial charge in [0.25, 0.3) is 0 Å². The number of hydrogen-bond donors (Lipinski definition) is 4. The predicted octanol–water partition coefficient (Wildman–Crippen LogP) is -2.23. The molecule has 0 fully saturated rings. The highest BCUT2D eigenvalue weighted by molar-refractivity contribution is 7.80. The SMILES string of the molecule is O=C(C(=O)[C@@H](O)CO)C(O)CS. The largest absolute Gasteiger partial charge is 0.393 e. The Kier molecular flexibility index (Phi) is 5.07. The molecular formula is C6H10O5S. The highest BCUT2D eigenvalue weighted by Gasteiger charge is 2.27. The lowest BCUT2D eigenvalue weighted by Gasteiger charge is -2.07. The van der Waals surface area contributed by atoms with Crippen molar-refractivity contribution in [2.24, 2.45) is 0 Å². The number of carbonyl (C=O) groups excluding carboxylic acids is 2. The van der Waals surface area contributed by atoms with Crippen LogP contribution in [0.4, 0.5) is 0 Å². The minimum Gasteiger partial charge on any atom is -0.393 e. The molecule has 0 amide bonds. The molecule has 0 bridgehead atoms. The maximum atomic E-state index is 10.8. The molecular weight excluding hydrogens is 184 g/mol. The van der Waals surface area contributed by atoms with E-state index >= 15 is 0 Å². The van der Waals surface area contributed by atoms with Crippen molar-refractivity contribution in [1.82, 2.24) is 0 Å². The number of aliphatic hydroxyl groups is 3. The first kappa shape index (κ1) is 11.6. The fourth-order valence-corrected chi connectivity index (χ4v) is 0.660. The number of Topliss-reactive ketones (excluding diaryl/α,β-unsaturated/α-hetero) is 2. The van der Waals surface area contributed by atoms with E-state index in [1.807, 2.05) is 0 Å². The number of rotatable bonds is 5. The van der Waals surface area contributed by atoms with Crippen LogP contribution in [-0.2, 0) is 9.59 Å². The molecule has 70 valence electrons. The van der Waals surface area contributed by atoms with E-state index in [2.05, 4.69) is 12.6 Å². The van der Waals surface area contributed by atoms with Crippen LogP contribution in [0.5, 0.6) is 0 Å². The second kappa shape index (κ2) is 5.26. The smallest absolute Gasteiger partial charge is 0.231 e. The number of aliphatic hydroxyl groups excluding tert-OH is 3. The van der Waals surface area contributed by atoms with Gasteiger partial charge < -0.3 is 15.3 Å². The van der Waals surface area contributed by atoms with Crippen LogP contribution in [0.15, 0.2) is 0 Å². The number of carbonyl (C=O) groups is 2. The van der Waals surface area contributed by atoms with Crippen LogP contribution in [0, 0.1) is 0 Å². The molecule has 2 atom stereocenters. The molecule has 3 N–H and O–H groups in total. The Morgan fingerprint density at radius 1 is 1.17 bits per heavy atom. The van der Waals surface area contributed by atoms with Crippen LogP contribution >= 0.6 is 12.6 Å². The Hall–Kier alpha value is -0.430. The van der Waals surface area contributed by atoms with E-state index in [1.54, 1.807) is 0 Å². The van der Waals surface area contributed by atoms with Crippen LogP contribution in [0.25, 0.3) is 0 Å². The summed E-state index contributed by atoms with van der Waals surface area (Å²) >= 11 is 3.58. The van der Waals surface area contributed by atoms with Gasteiger partial charge in [-0.3, -0.25) is 9.59 Å². The molecule has 5 nitrogen and oxygen atoms in total. The van der Waals surface area contributed by atoms with Gasteiger partial charge in [0.1, 0.15) is 12.2 Å². The molecule has 0 rings (SSSR count). The Balaban J connectivity index is 4.19. The van der Waals surface area contributed by atoms with Gasteiger partial charge in [0.15, 0.2) is 0 Å². The van der Waals surface area contributed by atoms with E-state index in [1.165, 1.54) is 0 Å². The van der Waals surface area contributed by atoms with E-state index in [4.69, 9.17) is 15.3 Å². The average molecular weight is 194 g/mol. The normalized spacial score (nSPS) is 15.3. The van der Waals surface area contributed by atoms with Gasteiger partial charge in [-0.05, 0) is 0 Å². The van der Waals surface area contributed by atoms with E-state index in [0.717, 1.165) is 0 Å². The third kappa shape index (κ3) is 2.90. The third-order valence-corrected chi connectivity index (χ3v) is 1.54. The standard InChI is InChI=1S/C6H10O5S/c7-1-3(8)5(10)6(11)4(9)2-12/h3-4,7-9,12H,1-2H2/t3-,4?/m0/s1. The molecule has 0 saturated heterocycles. The molecule has 0 radical (unpaired) electrons. The van der Waals surface area contributed by atoms with Gasteiger partial charge >= 0.3 is 0 Å². The predicted molar refractivity (Wildman–Crippen MR) is 43.0 cm³/mol. The molecule has 0 aliphatic rings. The lowest BCUT2D eigenvalue weighted by atomic mass is 10.1. The van der Waals surface area contributed by atoms with Crippen molar-refractivity contribution in [2.45, 2.75) is 12.2 Å². The zero-order chi connectivity index (χ0) is 9.72. The van der Waals surface area contributed by atoms with Crippen molar-refractivity contribution in [3.05, 3.63) is 0 Å². The summed E-state index contributed by atoms with van der Waals surface area (Å²) in [6.45, 7) is -0.829. The summed E-state index contributed by atoms with van der Waals surface area (Å²) in [6.07, 6.45) is -3.26. The van der Waals surface area contributed by atoms with Crippen molar-refractivity contribution in [3.63, 3.8) is 0 Å². The van der Waals surface area contributed by atoms with Crippen LogP contribution < -0.4 is 0 Å². The topological polar surface area (TPSA) is 94.8 Å². The van der Waals surface area contributed by atoms with Crippen molar-refractivity contribution in [1.29, 1.82) is 0 Å². The fourth-order valence-electron chi connectivity index (χ4n) is 0.494. The third-order valence-electron chi connectivity index (χ3n) is 1.19. The van der Waals surface area contributed by atoms with E-state index < -0.39 is 30.4 Å². The highest BCUT2D eigenvalue weighted by Crippen LogP contribution is 1.94. The quantitative estimate of drug-likeness (QED) is 0.293. The number of thiol groups is 1. The summed E-state index contributed by atoms with van der Waals surface area (Å²) in [6, 6.07) is 0. The molecule has 0 saturated carbocycles. The number of hydrogen-bond acceptors (Lipinski definition) is 6. The highest BCUT2D eigenvalue weighted by atomic mass is 32.1. The van der Waals surface area contributed by atoms with Crippen molar-refractivity contribution < 1.29 is 24.9 Å². The zero-order valence-electron chi connectivity index (χ0n) is 6.17. The maximum absolute atomic E-state index is 10.8. The molecule has 1 unspecified atom stereocenters. The summed E-state index contributed by atoms with van der Waals surface area (Å²) in [5.41, 5.74) is 0. The van der Waals surface area contributed by atoms with E-state index in [9.17, 15) is 9.59 Å². The maximum Gasteiger partial charge on any atom is 0.231 e. The Labute approximate surface area is 74.4 Å². The Morgan fingerprint density at radius 2 is 1.58 bits per heavy atom. The lowest BCUT2D eigenvalue weighted by Crippen LogP contribution is -2.38. The summed E-state index contributed by atoms with van der Waals surface area (Å²) < 4.78 is 0. The van der Waals surface area contributed by atoms with Crippen LogP contribution in [0.2, 0.25) is 0 Å². The average Bonchev–Trinajstić information content (AvgIpc) is 2.12. The van der Waals surface area contributed by atoms with Crippen molar-refractivity contribution in [2.75, 3.05) is 12.4 Å². The van der Waals surface area contributed by atoms with E-state index in [0.29, 0.717) is 0 Å². The van der Waals surface area contributed by atoms with Gasteiger partial charge in [0.2, 0.25) is 11.6 Å². The van der Waals surface area contributed by atoms with Gasteiger partial charge in [-0.15, -0.1) is 0 Å². The minimum absolute atomic E-state index is 0.192. The molecule has 0 aliphatic carbocycles. The van der Waals surface area contributed by atoms with Gasteiger partial charge in [0.05, 0.1) is 6.61 Å². The number of ketones is 2. The first-order chi connectivity index (χ1) is 5.54. The fraction of sp³-hybridized carbons (Fsp3) is 0.667. The molecule has 0 aromatic heterocycles. The monoisotopic (exact) mass is 194 g/mol. The molecule has 0 heterocycles. The molecule has 0 aliphatic heterocycles. The summed E-state index contributed by atoms with van der Waals surface area (Å²) in [4.78, 5) is 21.5. The molecule has 0 aromatic carbocycles.